The Bertz CT molecular complexity index is 765. The summed E-state index contributed by atoms with van der Waals surface area (Å²) in [5, 5.41) is 9.40. The standard InChI is InChI=1S/C14H13BrFNO3S/c1-17(9-10-3-2-4-12(18)7-10)21(19,20)14-6-5-11(16)8-13(14)15/h2-8,18H,9H2,1H3. The van der Waals surface area contributed by atoms with Crippen LogP contribution < -0.4 is 0 Å². The van der Waals surface area contributed by atoms with E-state index in [1.807, 2.05) is 0 Å². The number of hydrogen-bond donors (Lipinski definition) is 1. The third-order valence-electron chi connectivity index (χ3n) is 2.90. The van der Waals surface area contributed by atoms with Gasteiger partial charge in [-0.15, -0.1) is 0 Å². The SMILES string of the molecule is CN(Cc1cccc(O)c1)S(=O)(=O)c1ccc(F)cc1Br. The van der Waals surface area contributed by atoms with E-state index in [-0.39, 0.29) is 21.7 Å². The highest BCUT2D eigenvalue weighted by molar-refractivity contribution is 9.10. The van der Waals surface area contributed by atoms with Gasteiger partial charge in [0.1, 0.15) is 11.6 Å². The minimum absolute atomic E-state index is 0.00782. The highest BCUT2D eigenvalue weighted by Gasteiger charge is 2.23. The summed E-state index contributed by atoms with van der Waals surface area (Å²) in [7, 11) is -2.33. The van der Waals surface area contributed by atoms with E-state index in [4.69, 9.17) is 0 Å². The Morgan fingerprint density at radius 3 is 2.57 bits per heavy atom. The maximum atomic E-state index is 13.1. The highest BCUT2D eigenvalue weighted by Crippen LogP contribution is 2.26. The molecule has 2 aromatic carbocycles. The van der Waals surface area contributed by atoms with Crippen LogP contribution in [0.25, 0.3) is 0 Å². The van der Waals surface area contributed by atoms with Gasteiger partial charge in [-0.25, -0.2) is 12.8 Å². The Balaban J connectivity index is 2.30. The Kier molecular flexibility index (Phi) is 4.65. The zero-order valence-corrected chi connectivity index (χ0v) is 13.5. The van der Waals surface area contributed by atoms with Crippen molar-refractivity contribution in [3.8, 4) is 5.75 Å². The minimum atomic E-state index is -3.76. The van der Waals surface area contributed by atoms with Crippen molar-refractivity contribution in [2.75, 3.05) is 7.05 Å². The maximum absolute atomic E-state index is 13.1. The van der Waals surface area contributed by atoms with Gasteiger partial charge >= 0.3 is 0 Å². The van der Waals surface area contributed by atoms with E-state index in [0.29, 0.717) is 5.56 Å². The fourth-order valence-electron chi connectivity index (χ4n) is 1.85. The molecule has 0 spiro atoms. The van der Waals surface area contributed by atoms with Crippen LogP contribution >= 0.6 is 15.9 Å². The van der Waals surface area contributed by atoms with Crippen molar-refractivity contribution >= 4 is 26.0 Å². The van der Waals surface area contributed by atoms with E-state index in [1.165, 1.54) is 25.2 Å². The molecule has 2 rings (SSSR count). The number of phenolic OH excluding ortho intramolecular Hbond substituents is 1. The van der Waals surface area contributed by atoms with Crippen LogP contribution in [0.5, 0.6) is 5.75 Å². The Hall–Kier alpha value is -1.44. The molecule has 0 saturated carbocycles. The largest absolute Gasteiger partial charge is 0.508 e. The predicted octanol–water partition coefficient (Wildman–Crippen LogP) is 3.11. The van der Waals surface area contributed by atoms with Gasteiger partial charge < -0.3 is 5.11 Å². The molecule has 0 fully saturated rings. The fourth-order valence-corrected chi connectivity index (χ4v) is 4.01. The molecule has 0 aliphatic heterocycles. The molecule has 0 saturated heterocycles. The van der Waals surface area contributed by atoms with E-state index in [2.05, 4.69) is 15.9 Å². The summed E-state index contributed by atoms with van der Waals surface area (Å²) < 4.78 is 39.3. The summed E-state index contributed by atoms with van der Waals surface area (Å²) in [6.07, 6.45) is 0. The van der Waals surface area contributed by atoms with Crippen LogP contribution in [0.1, 0.15) is 5.56 Å². The molecule has 0 radical (unpaired) electrons. The Morgan fingerprint density at radius 1 is 1.24 bits per heavy atom. The number of hydrogen-bond acceptors (Lipinski definition) is 3. The topological polar surface area (TPSA) is 57.6 Å². The second-order valence-corrected chi connectivity index (χ2v) is 7.37. The highest BCUT2D eigenvalue weighted by atomic mass is 79.9. The maximum Gasteiger partial charge on any atom is 0.244 e. The lowest BCUT2D eigenvalue weighted by molar-refractivity contribution is 0.457. The third kappa shape index (κ3) is 3.61. The molecule has 0 bridgehead atoms. The van der Waals surface area contributed by atoms with Gasteiger partial charge in [-0.05, 0) is 51.8 Å². The van der Waals surface area contributed by atoms with Crippen molar-refractivity contribution < 1.29 is 17.9 Å². The van der Waals surface area contributed by atoms with Crippen LogP contribution in [0.3, 0.4) is 0 Å². The van der Waals surface area contributed by atoms with Crippen LogP contribution in [0.2, 0.25) is 0 Å². The molecule has 21 heavy (non-hydrogen) atoms. The second kappa shape index (κ2) is 6.13. The predicted molar refractivity (Wildman–Crippen MR) is 80.9 cm³/mol. The van der Waals surface area contributed by atoms with Gasteiger partial charge in [0, 0.05) is 18.1 Å². The molecule has 0 aliphatic rings. The van der Waals surface area contributed by atoms with E-state index in [0.717, 1.165) is 16.4 Å². The molecule has 4 nitrogen and oxygen atoms in total. The Labute approximate surface area is 131 Å². The van der Waals surface area contributed by atoms with Crippen molar-refractivity contribution in [1.82, 2.24) is 4.31 Å². The molecule has 0 atom stereocenters. The van der Waals surface area contributed by atoms with E-state index in [9.17, 15) is 17.9 Å². The summed E-state index contributed by atoms with van der Waals surface area (Å²) in [6.45, 7) is 0.0978. The first kappa shape index (κ1) is 15.9. The first-order valence-corrected chi connectivity index (χ1v) is 8.23. The number of nitrogens with zero attached hydrogens (tertiary/aromatic N) is 1. The van der Waals surface area contributed by atoms with Gasteiger partial charge in [-0.2, -0.15) is 4.31 Å². The number of rotatable bonds is 4. The molecular weight excluding hydrogens is 361 g/mol. The lowest BCUT2D eigenvalue weighted by atomic mass is 10.2. The molecule has 0 aromatic heterocycles. The lowest BCUT2D eigenvalue weighted by Gasteiger charge is -2.18. The smallest absolute Gasteiger partial charge is 0.244 e. The average Bonchev–Trinajstić information content (AvgIpc) is 2.38. The van der Waals surface area contributed by atoms with E-state index < -0.39 is 15.8 Å². The molecule has 7 heteroatoms. The van der Waals surface area contributed by atoms with E-state index >= 15 is 0 Å². The third-order valence-corrected chi connectivity index (χ3v) is 5.68. The number of aromatic hydroxyl groups is 1. The van der Waals surface area contributed by atoms with Crippen LogP contribution in [0.4, 0.5) is 4.39 Å². The van der Waals surface area contributed by atoms with Gasteiger partial charge in [-0.3, -0.25) is 0 Å². The van der Waals surface area contributed by atoms with Crippen molar-refractivity contribution in [1.29, 1.82) is 0 Å². The zero-order chi connectivity index (χ0) is 15.6. The molecule has 0 unspecified atom stereocenters. The number of halogens is 2. The van der Waals surface area contributed by atoms with E-state index in [1.54, 1.807) is 12.1 Å². The van der Waals surface area contributed by atoms with Crippen molar-refractivity contribution in [2.45, 2.75) is 11.4 Å². The summed E-state index contributed by atoms with van der Waals surface area (Å²) >= 11 is 3.06. The second-order valence-electron chi connectivity index (χ2n) is 4.51. The molecule has 0 heterocycles. The number of benzene rings is 2. The summed E-state index contributed by atoms with van der Waals surface area (Å²) in [4.78, 5) is -0.00782. The van der Waals surface area contributed by atoms with Gasteiger partial charge in [0.2, 0.25) is 10.0 Å². The lowest BCUT2D eigenvalue weighted by Crippen LogP contribution is -2.26. The summed E-state index contributed by atoms with van der Waals surface area (Å²) in [5.74, 6) is -0.447. The first-order chi connectivity index (χ1) is 9.80. The zero-order valence-electron chi connectivity index (χ0n) is 11.1. The molecule has 0 amide bonds. The van der Waals surface area contributed by atoms with Gasteiger partial charge in [-0.1, -0.05) is 12.1 Å². The average molecular weight is 374 g/mol. The van der Waals surface area contributed by atoms with Crippen LogP contribution in [0, 0.1) is 5.82 Å². The van der Waals surface area contributed by atoms with Crippen LogP contribution in [-0.4, -0.2) is 24.9 Å². The normalized spacial score (nSPS) is 11.8. The number of sulfonamides is 1. The summed E-state index contributed by atoms with van der Waals surface area (Å²) in [6, 6.07) is 9.77. The summed E-state index contributed by atoms with van der Waals surface area (Å²) in [5.41, 5.74) is 0.652. The molecule has 1 N–H and O–H groups in total. The molecule has 0 aliphatic carbocycles. The van der Waals surface area contributed by atoms with Gasteiger partial charge in [0.25, 0.3) is 0 Å². The van der Waals surface area contributed by atoms with Gasteiger partial charge in [0.15, 0.2) is 0 Å². The molecule has 112 valence electrons. The molecular formula is C14H13BrFNO3S. The van der Waals surface area contributed by atoms with Crippen molar-refractivity contribution in [3.63, 3.8) is 0 Å². The quantitative estimate of drug-likeness (QED) is 0.895. The van der Waals surface area contributed by atoms with Crippen LogP contribution in [-0.2, 0) is 16.6 Å². The minimum Gasteiger partial charge on any atom is -0.508 e. The van der Waals surface area contributed by atoms with Crippen LogP contribution in [0.15, 0.2) is 51.8 Å². The number of phenols is 1. The first-order valence-electron chi connectivity index (χ1n) is 6.00. The molecule has 2 aromatic rings. The van der Waals surface area contributed by atoms with Crippen molar-refractivity contribution in [3.05, 3.63) is 58.3 Å². The van der Waals surface area contributed by atoms with Crippen molar-refractivity contribution in [2.24, 2.45) is 0 Å². The van der Waals surface area contributed by atoms with Gasteiger partial charge in [0.05, 0.1) is 4.90 Å². The fraction of sp³-hybridized carbons (Fsp3) is 0.143. The Morgan fingerprint density at radius 2 is 1.95 bits per heavy atom. The monoisotopic (exact) mass is 373 g/mol.